The maximum Gasteiger partial charge on any atom is 0.335 e. The predicted molar refractivity (Wildman–Crippen MR) is 58.3 cm³/mol. The number of carboxylic acid groups (broad SMARTS) is 1. The van der Waals surface area contributed by atoms with E-state index in [0.717, 1.165) is 0 Å². The van der Waals surface area contributed by atoms with E-state index in [2.05, 4.69) is 10.3 Å². The third-order valence-electron chi connectivity index (χ3n) is 2.33. The van der Waals surface area contributed by atoms with Gasteiger partial charge in [-0.1, -0.05) is 5.21 Å². The van der Waals surface area contributed by atoms with E-state index in [0.29, 0.717) is 11.0 Å². The molecule has 0 bridgehead atoms. The lowest BCUT2D eigenvalue weighted by Crippen LogP contribution is -2.14. The summed E-state index contributed by atoms with van der Waals surface area (Å²) in [4.78, 5) is 21.5. The molecule has 1 aromatic carbocycles. The zero-order valence-corrected chi connectivity index (χ0v) is 8.83. The van der Waals surface area contributed by atoms with Crippen molar-refractivity contribution in [2.75, 3.05) is 0 Å². The standard InChI is InChI=1S/C10H10N4O3/c11-9(15)3-4-14-8-5-6(10(16)17)1-2-7(8)12-13-14/h1-2,5H,3-4H2,(H2,11,15)(H,16,17). The van der Waals surface area contributed by atoms with Crippen LogP contribution in [-0.4, -0.2) is 32.0 Å². The van der Waals surface area contributed by atoms with Crippen molar-refractivity contribution in [3.05, 3.63) is 23.8 Å². The monoisotopic (exact) mass is 234 g/mol. The zero-order chi connectivity index (χ0) is 12.4. The number of aromatic nitrogens is 3. The maximum absolute atomic E-state index is 10.8. The van der Waals surface area contributed by atoms with Crippen LogP contribution in [0.25, 0.3) is 11.0 Å². The minimum atomic E-state index is -1.02. The van der Waals surface area contributed by atoms with E-state index in [9.17, 15) is 9.59 Å². The lowest BCUT2D eigenvalue weighted by Gasteiger charge is -2.00. The van der Waals surface area contributed by atoms with E-state index < -0.39 is 11.9 Å². The number of hydrogen-bond acceptors (Lipinski definition) is 4. The van der Waals surface area contributed by atoms with Gasteiger partial charge in [0.25, 0.3) is 0 Å². The van der Waals surface area contributed by atoms with E-state index in [1.54, 1.807) is 6.07 Å². The summed E-state index contributed by atoms with van der Waals surface area (Å²) in [5, 5.41) is 16.6. The molecule has 2 rings (SSSR count). The largest absolute Gasteiger partial charge is 0.478 e. The Balaban J connectivity index is 2.39. The van der Waals surface area contributed by atoms with Crippen LogP contribution >= 0.6 is 0 Å². The molecule has 1 amide bonds. The smallest absolute Gasteiger partial charge is 0.335 e. The molecule has 1 heterocycles. The zero-order valence-electron chi connectivity index (χ0n) is 8.83. The van der Waals surface area contributed by atoms with Gasteiger partial charge in [0.05, 0.1) is 17.6 Å². The van der Waals surface area contributed by atoms with Gasteiger partial charge in [0.1, 0.15) is 5.52 Å². The Labute approximate surface area is 95.8 Å². The first-order valence-electron chi connectivity index (χ1n) is 4.93. The van der Waals surface area contributed by atoms with Gasteiger partial charge in [0, 0.05) is 6.42 Å². The Hall–Kier alpha value is -2.44. The molecule has 0 fully saturated rings. The number of hydrogen-bond donors (Lipinski definition) is 2. The van der Waals surface area contributed by atoms with Crippen LogP contribution in [0, 0.1) is 0 Å². The van der Waals surface area contributed by atoms with Crippen molar-refractivity contribution in [3.63, 3.8) is 0 Å². The number of nitrogens with zero attached hydrogens (tertiary/aromatic N) is 3. The molecule has 0 unspecified atom stereocenters. The SMILES string of the molecule is NC(=O)CCn1nnc2ccc(C(=O)O)cc21. The molecule has 0 saturated heterocycles. The molecular formula is C10H10N4O3. The lowest BCUT2D eigenvalue weighted by atomic mass is 10.2. The van der Waals surface area contributed by atoms with E-state index in [1.807, 2.05) is 0 Å². The summed E-state index contributed by atoms with van der Waals surface area (Å²) in [6.45, 7) is 0.287. The Bertz CT molecular complexity index is 590. The number of aromatic carboxylic acids is 1. The fourth-order valence-electron chi connectivity index (χ4n) is 1.48. The minimum absolute atomic E-state index is 0.135. The van der Waals surface area contributed by atoms with Crippen molar-refractivity contribution in [3.8, 4) is 0 Å². The van der Waals surface area contributed by atoms with E-state index in [1.165, 1.54) is 16.8 Å². The third-order valence-corrected chi connectivity index (χ3v) is 2.33. The molecule has 0 aliphatic rings. The molecule has 0 atom stereocenters. The quantitative estimate of drug-likeness (QED) is 0.773. The van der Waals surface area contributed by atoms with Gasteiger partial charge in [-0.3, -0.25) is 4.79 Å². The predicted octanol–water partition coefficient (Wildman–Crippen LogP) is 0.00490. The van der Waals surface area contributed by atoms with Crippen molar-refractivity contribution < 1.29 is 14.7 Å². The number of nitrogens with two attached hydrogens (primary N) is 1. The number of amides is 1. The van der Waals surface area contributed by atoms with Crippen LogP contribution in [0.15, 0.2) is 18.2 Å². The normalized spacial score (nSPS) is 10.6. The number of carboxylic acids is 1. The minimum Gasteiger partial charge on any atom is -0.478 e. The molecule has 3 N–H and O–H groups in total. The van der Waals surface area contributed by atoms with Crippen molar-refractivity contribution in [2.45, 2.75) is 13.0 Å². The molecule has 0 radical (unpaired) electrons. The Morgan fingerprint density at radius 2 is 2.18 bits per heavy atom. The Morgan fingerprint density at radius 1 is 1.41 bits per heavy atom. The van der Waals surface area contributed by atoms with Gasteiger partial charge in [-0.05, 0) is 18.2 Å². The van der Waals surface area contributed by atoms with Crippen LogP contribution < -0.4 is 5.73 Å². The topological polar surface area (TPSA) is 111 Å². The average molecular weight is 234 g/mol. The molecule has 2 aromatic rings. The molecular weight excluding hydrogens is 224 g/mol. The van der Waals surface area contributed by atoms with E-state index in [-0.39, 0.29) is 18.5 Å². The van der Waals surface area contributed by atoms with Gasteiger partial charge < -0.3 is 10.8 Å². The van der Waals surface area contributed by atoms with Gasteiger partial charge in [-0.25, -0.2) is 9.48 Å². The number of benzene rings is 1. The van der Waals surface area contributed by atoms with Gasteiger partial charge in [-0.2, -0.15) is 0 Å². The van der Waals surface area contributed by atoms with Crippen molar-refractivity contribution in [1.82, 2.24) is 15.0 Å². The summed E-state index contributed by atoms with van der Waals surface area (Å²) in [6, 6.07) is 4.50. The molecule has 0 aliphatic carbocycles. The van der Waals surface area contributed by atoms with Gasteiger partial charge in [0.15, 0.2) is 0 Å². The van der Waals surface area contributed by atoms with Crippen molar-refractivity contribution in [1.29, 1.82) is 0 Å². The fraction of sp³-hybridized carbons (Fsp3) is 0.200. The second kappa shape index (κ2) is 4.20. The molecule has 1 aromatic heterocycles. The van der Waals surface area contributed by atoms with Crippen LogP contribution in [0.2, 0.25) is 0 Å². The lowest BCUT2D eigenvalue weighted by molar-refractivity contribution is -0.118. The van der Waals surface area contributed by atoms with Gasteiger partial charge in [0.2, 0.25) is 5.91 Å². The van der Waals surface area contributed by atoms with Crippen molar-refractivity contribution >= 4 is 22.9 Å². The molecule has 0 saturated carbocycles. The highest BCUT2D eigenvalue weighted by Crippen LogP contribution is 2.13. The molecule has 0 spiro atoms. The Kier molecular flexibility index (Phi) is 2.73. The fourth-order valence-corrected chi connectivity index (χ4v) is 1.48. The second-order valence-electron chi connectivity index (χ2n) is 3.54. The van der Waals surface area contributed by atoms with Crippen LogP contribution in [0.4, 0.5) is 0 Å². The summed E-state index contributed by atoms with van der Waals surface area (Å²) in [5.74, 6) is -1.46. The molecule has 17 heavy (non-hydrogen) atoms. The summed E-state index contributed by atoms with van der Waals surface area (Å²) in [5.41, 5.74) is 6.35. The first-order valence-corrected chi connectivity index (χ1v) is 4.93. The van der Waals surface area contributed by atoms with Crippen LogP contribution in [0.5, 0.6) is 0 Å². The highest BCUT2D eigenvalue weighted by atomic mass is 16.4. The summed E-state index contributed by atoms with van der Waals surface area (Å²) in [7, 11) is 0. The molecule has 0 aliphatic heterocycles. The van der Waals surface area contributed by atoms with Crippen molar-refractivity contribution in [2.24, 2.45) is 5.73 Å². The van der Waals surface area contributed by atoms with Gasteiger partial charge in [-0.15, -0.1) is 5.10 Å². The van der Waals surface area contributed by atoms with Crippen LogP contribution in [0.3, 0.4) is 0 Å². The Morgan fingerprint density at radius 3 is 2.82 bits per heavy atom. The number of carbonyl (C=O) groups excluding carboxylic acids is 1. The van der Waals surface area contributed by atoms with Crippen LogP contribution in [0.1, 0.15) is 16.8 Å². The highest BCUT2D eigenvalue weighted by Gasteiger charge is 2.09. The number of fused-ring (bicyclic) bond motifs is 1. The van der Waals surface area contributed by atoms with Gasteiger partial charge >= 0.3 is 5.97 Å². The van der Waals surface area contributed by atoms with E-state index >= 15 is 0 Å². The third kappa shape index (κ3) is 2.22. The second-order valence-corrected chi connectivity index (χ2v) is 3.54. The molecule has 88 valence electrons. The average Bonchev–Trinajstić information content (AvgIpc) is 2.68. The summed E-state index contributed by atoms with van der Waals surface area (Å²) in [6.07, 6.45) is 0.135. The first-order chi connectivity index (χ1) is 8.08. The summed E-state index contributed by atoms with van der Waals surface area (Å²) >= 11 is 0. The molecule has 7 heteroatoms. The summed E-state index contributed by atoms with van der Waals surface area (Å²) < 4.78 is 1.46. The first kappa shape index (κ1) is 11.1. The maximum atomic E-state index is 10.8. The number of aryl methyl sites for hydroxylation is 1. The highest BCUT2D eigenvalue weighted by molar-refractivity contribution is 5.92. The number of carbonyl (C=O) groups is 2. The number of primary amides is 1. The number of rotatable bonds is 4. The van der Waals surface area contributed by atoms with Crippen LogP contribution in [-0.2, 0) is 11.3 Å². The molecule has 7 nitrogen and oxygen atoms in total. The van der Waals surface area contributed by atoms with E-state index in [4.69, 9.17) is 10.8 Å².